The summed E-state index contributed by atoms with van der Waals surface area (Å²) in [6.45, 7) is 9.80. The van der Waals surface area contributed by atoms with Crippen molar-refractivity contribution in [2.45, 2.75) is 77.6 Å². The number of Topliss-reactive ketones (excluding diaryl/α,β-unsaturated/α-hetero) is 2. The van der Waals surface area contributed by atoms with E-state index in [1.807, 2.05) is 13.8 Å². The first-order valence-electron chi connectivity index (χ1n) is 8.90. The number of rotatable bonds is 0. The van der Waals surface area contributed by atoms with Crippen LogP contribution >= 0.6 is 0 Å². The lowest BCUT2D eigenvalue weighted by Crippen LogP contribution is -2.42. The maximum absolute atomic E-state index is 13.0. The zero-order valence-electron chi connectivity index (χ0n) is 15.3. The third-order valence-corrected chi connectivity index (χ3v) is 6.12. The van der Waals surface area contributed by atoms with Crippen LogP contribution < -0.4 is 0 Å². The summed E-state index contributed by atoms with van der Waals surface area (Å²) in [5.41, 5.74) is -1.85. The average molecular weight is 332 g/mol. The van der Waals surface area contributed by atoms with E-state index in [2.05, 4.69) is 13.8 Å². The summed E-state index contributed by atoms with van der Waals surface area (Å²) in [5, 5.41) is 11.1. The van der Waals surface area contributed by atoms with E-state index in [0.29, 0.717) is 12.0 Å². The van der Waals surface area contributed by atoms with Crippen LogP contribution in [0.3, 0.4) is 0 Å². The molecule has 0 spiro atoms. The second-order valence-corrected chi connectivity index (χ2v) is 8.73. The third-order valence-electron chi connectivity index (χ3n) is 6.12. The summed E-state index contributed by atoms with van der Waals surface area (Å²) >= 11 is 0. The Labute approximate surface area is 144 Å². The Bertz CT molecular complexity index is 657. The fraction of sp³-hybridized carbons (Fsp3) is 0.700. The average Bonchev–Trinajstić information content (AvgIpc) is 2.99. The van der Waals surface area contributed by atoms with Crippen LogP contribution in [-0.2, 0) is 14.3 Å². The first kappa shape index (κ1) is 17.6. The minimum Gasteiger partial charge on any atom is -0.373 e. The molecule has 4 nitrogen and oxygen atoms in total. The predicted octanol–water partition coefficient (Wildman–Crippen LogP) is 3.14. The molecule has 2 bridgehead atoms. The molecule has 4 atom stereocenters. The largest absolute Gasteiger partial charge is 0.373 e. The van der Waals surface area contributed by atoms with Gasteiger partial charge in [-0.15, -0.1) is 0 Å². The van der Waals surface area contributed by atoms with Gasteiger partial charge in [-0.3, -0.25) is 9.59 Å². The summed E-state index contributed by atoms with van der Waals surface area (Å²) in [6.07, 6.45) is 6.48. The lowest BCUT2D eigenvalue weighted by Gasteiger charge is -2.33. The summed E-state index contributed by atoms with van der Waals surface area (Å²) < 4.78 is 6.33. The molecule has 0 aromatic carbocycles. The maximum Gasteiger partial charge on any atom is 0.188 e. The highest BCUT2D eigenvalue weighted by Gasteiger charge is 2.51. The highest BCUT2D eigenvalue weighted by molar-refractivity contribution is 6.19. The van der Waals surface area contributed by atoms with Crippen LogP contribution in [0.15, 0.2) is 23.3 Å². The van der Waals surface area contributed by atoms with Gasteiger partial charge in [0.1, 0.15) is 0 Å². The Morgan fingerprint density at radius 1 is 1.12 bits per heavy atom. The molecule has 1 aliphatic carbocycles. The van der Waals surface area contributed by atoms with Crippen LogP contribution in [0.2, 0.25) is 0 Å². The Balaban J connectivity index is 2.12. The van der Waals surface area contributed by atoms with Gasteiger partial charge in [-0.1, -0.05) is 20.8 Å². The normalized spacial score (nSPS) is 44.4. The van der Waals surface area contributed by atoms with Gasteiger partial charge >= 0.3 is 0 Å². The first-order chi connectivity index (χ1) is 11.0. The van der Waals surface area contributed by atoms with Crippen molar-refractivity contribution in [1.29, 1.82) is 0 Å². The first-order valence-corrected chi connectivity index (χ1v) is 8.90. The van der Waals surface area contributed by atoms with Gasteiger partial charge in [0.25, 0.3) is 0 Å². The molecule has 0 radical (unpaired) electrons. The van der Waals surface area contributed by atoms with Gasteiger partial charge in [-0.25, -0.2) is 0 Å². The van der Waals surface area contributed by atoms with Crippen molar-refractivity contribution in [3.8, 4) is 0 Å². The molecule has 2 aliphatic heterocycles. The highest BCUT2D eigenvalue weighted by Crippen LogP contribution is 2.46. The lowest BCUT2D eigenvalue weighted by molar-refractivity contribution is -0.135. The van der Waals surface area contributed by atoms with Crippen molar-refractivity contribution < 1.29 is 19.4 Å². The van der Waals surface area contributed by atoms with E-state index >= 15 is 0 Å². The molecule has 1 N–H and O–H groups in total. The van der Waals surface area contributed by atoms with E-state index in [1.54, 1.807) is 13.0 Å². The molecular formula is C20H28O4. The Hall–Kier alpha value is -1.26. The topological polar surface area (TPSA) is 63.6 Å². The van der Waals surface area contributed by atoms with Crippen molar-refractivity contribution in [3.63, 3.8) is 0 Å². The molecule has 1 fully saturated rings. The SMILES string of the molecule is CC1=C[C@]2(O)C(=O)[C@@H](C)CCC(C)(C)[C@@H]3CC[C@](C)(/C=C\2C1=O)O3. The van der Waals surface area contributed by atoms with Crippen LogP contribution in [0, 0.1) is 11.3 Å². The monoisotopic (exact) mass is 332 g/mol. The molecule has 2 heterocycles. The molecular weight excluding hydrogens is 304 g/mol. The molecule has 1 saturated heterocycles. The van der Waals surface area contributed by atoms with Crippen LogP contribution in [0.25, 0.3) is 0 Å². The number of hydrogen-bond acceptors (Lipinski definition) is 4. The smallest absolute Gasteiger partial charge is 0.188 e. The lowest BCUT2D eigenvalue weighted by atomic mass is 9.75. The quantitative estimate of drug-likeness (QED) is 0.740. The number of ether oxygens (including phenoxy) is 1. The molecule has 0 amide bonds. The Morgan fingerprint density at radius 3 is 2.46 bits per heavy atom. The molecule has 0 aromatic heterocycles. The number of ketones is 2. The van der Waals surface area contributed by atoms with Gasteiger partial charge in [0.05, 0.1) is 11.7 Å². The molecule has 3 aliphatic rings. The molecule has 24 heavy (non-hydrogen) atoms. The van der Waals surface area contributed by atoms with Crippen LogP contribution in [0.5, 0.6) is 0 Å². The van der Waals surface area contributed by atoms with E-state index in [9.17, 15) is 14.7 Å². The second-order valence-electron chi connectivity index (χ2n) is 8.73. The van der Waals surface area contributed by atoms with Gasteiger partial charge in [-0.05, 0) is 62.7 Å². The Morgan fingerprint density at radius 2 is 1.79 bits per heavy atom. The Kier molecular flexibility index (Phi) is 3.93. The molecule has 3 rings (SSSR count). The molecule has 0 unspecified atom stereocenters. The summed E-state index contributed by atoms with van der Waals surface area (Å²) in [7, 11) is 0. The standard InChI is InChI=1S/C20H28O4/c1-12-6-8-18(3,4)15-7-9-19(5,24-15)11-14-16(21)13(2)10-20(14,23)17(12)22/h10-12,15,23H,6-9H2,1-5H3/b14-11-/t12-,15-,19+,20+/m0/s1. The van der Waals surface area contributed by atoms with E-state index in [0.717, 1.165) is 19.3 Å². The fourth-order valence-electron chi connectivity index (χ4n) is 4.30. The predicted molar refractivity (Wildman–Crippen MR) is 91.5 cm³/mol. The van der Waals surface area contributed by atoms with Crippen LogP contribution in [-0.4, -0.2) is 34.0 Å². The van der Waals surface area contributed by atoms with E-state index in [4.69, 9.17) is 4.74 Å². The summed E-state index contributed by atoms with van der Waals surface area (Å²) in [5.74, 6) is -0.835. The number of carbonyl (C=O) groups excluding carboxylic acids is 2. The van der Waals surface area contributed by atoms with Crippen molar-refractivity contribution >= 4 is 11.6 Å². The number of aliphatic hydroxyl groups is 1. The van der Waals surface area contributed by atoms with Gasteiger partial charge in [0.2, 0.25) is 0 Å². The summed E-state index contributed by atoms with van der Waals surface area (Å²) in [6, 6.07) is 0. The minimum absolute atomic E-state index is 0.0390. The minimum atomic E-state index is -1.81. The third kappa shape index (κ3) is 2.60. The van der Waals surface area contributed by atoms with E-state index in [1.165, 1.54) is 6.08 Å². The number of carbonyl (C=O) groups is 2. The molecule has 0 saturated carbocycles. The van der Waals surface area contributed by atoms with Crippen LogP contribution in [0.1, 0.15) is 60.3 Å². The molecule has 132 valence electrons. The molecule has 4 heteroatoms. The van der Waals surface area contributed by atoms with Gasteiger partial charge in [0, 0.05) is 11.5 Å². The van der Waals surface area contributed by atoms with Crippen molar-refractivity contribution in [3.05, 3.63) is 23.3 Å². The van der Waals surface area contributed by atoms with Gasteiger partial charge in [0.15, 0.2) is 17.2 Å². The van der Waals surface area contributed by atoms with Crippen molar-refractivity contribution in [2.75, 3.05) is 0 Å². The zero-order valence-corrected chi connectivity index (χ0v) is 15.3. The number of allylic oxidation sites excluding steroid dienone is 1. The van der Waals surface area contributed by atoms with Crippen molar-refractivity contribution in [1.82, 2.24) is 0 Å². The fourth-order valence-corrected chi connectivity index (χ4v) is 4.30. The van der Waals surface area contributed by atoms with E-state index < -0.39 is 11.2 Å². The number of fused-ring (bicyclic) bond motifs is 3. The van der Waals surface area contributed by atoms with E-state index in [-0.39, 0.29) is 34.6 Å². The highest BCUT2D eigenvalue weighted by atomic mass is 16.5. The number of hydrogen-bond donors (Lipinski definition) is 1. The second kappa shape index (κ2) is 5.37. The van der Waals surface area contributed by atoms with Gasteiger partial charge < -0.3 is 9.84 Å². The van der Waals surface area contributed by atoms with Crippen LogP contribution in [0.4, 0.5) is 0 Å². The van der Waals surface area contributed by atoms with Gasteiger partial charge in [-0.2, -0.15) is 0 Å². The molecule has 0 aromatic rings. The zero-order chi connectivity index (χ0) is 17.9. The van der Waals surface area contributed by atoms with Crippen molar-refractivity contribution in [2.24, 2.45) is 11.3 Å². The maximum atomic E-state index is 13.0. The summed E-state index contributed by atoms with van der Waals surface area (Å²) in [4.78, 5) is 25.5.